The highest BCUT2D eigenvalue weighted by atomic mass is 16.5. The summed E-state index contributed by atoms with van der Waals surface area (Å²) in [7, 11) is 0. The molecule has 1 atom stereocenters. The molecule has 0 radical (unpaired) electrons. The molecule has 0 aliphatic heterocycles. The van der Waals surface area contributed by atoms with Gasteiger partial charge in [0.25, 0.3) is 0 Å². The first-order chi connectivity index (χ1) is 5.74. The van der Waals surface area contributed by atoms with E-state index < -0.39 is 0 Å². The van der Waals surface area contributed by atoms with Gasteiger partial charge < -0.3 is 9.84 Å². The van der Waals surface area contributed by atoms with Crippen LogP contribution in [0.1, 0.15) is 31.5 Å². The maximum atomic E-state index is 5.02. The Kier molecular flexibility index (Phi) is 3.22. The lowest BCUT2D eigenvalue weighted by atomic mass is 10.2. The smallest absolute Gasteiger partial charge is 0.230 e. The van der Waals surface area contributed by atoms with Crippen LogP contribution in [0, 0.1) is 6.92 Å². The highest BCUT2D eigenvalue weighted by Crippen LogP contribution is 2.10. The maximum Gasteiger partial charge on any atom is 0.230 e. The van der Waals surface area contributed by atoms with Crippen LogP contribution in [-0.4, -0.2) is 23.2 Å². The first-order valence-corrected chi connectivity index (χ1v) is 4.25. The summed E-state index contributed by atoms with van der Waals surface area (Å²) in [5, 5.41) is 6.96. The van der Waals surface area contributed by atoms with Crippen molar-refractivity contribution < 1.29 is 4.52 Å². The molecule has 4 nitrogen and oxygen atoms in total. The van der Waals surface area contributed by atoms with Crippen molar-refractivity contribution in [2.45, 2.75) is 26.7 Å². The van der Waals surface area contributed by atoms with Crippen LogP contribution in [0.3, 0.4) is 0 Å². The van der Waals surface area contributed by atoms with Gasteiger partial charge in [0, 0.05) is 12.5 Å². The molecule has 4 heteroatoms. The molecular weight excluding hydrogens is 154 g/mol. The van der Waals surface area contributed by atoms with Gasteiger partial charge in [-0.25, -0.2) is 0 Å². The summed E-state index contributed by atoms with van der Waals surface area (Å²) < 4.78 is 5.02. The molecule has 0 fully saturated rings. The van der Waals surface area contributed by atoms with Crippen molar-refractivity contribution in [3.8, 4) is 0 Å². The molecule has 0 saturated heterocycles. The average molecular weight is 169 g/mol. The first kappa shape index (κ1) is 9.19. The average Bonchev–Trinajstić information content (AvgIpc) is 2.47. The normalized spacial score (nSPS) is 13.2. The van der Waals surface area contributed by atoms with E-state index in [1.165, 1.54) is 0 Å². The van der Waals surface area contributed by atoms with Crippen LogP contribution >= 0.6 is 0 Å². The fraction of sp³-hybridized carbons (Fsp3) is 0.750. The lowest BCUT2D eigenvalue weighted by molar-refractivity contribution is 0.352. The summed E-state index contributed by atoms with van der Waals surface area (Å²) in [4.78, 5) is 4.15. The Morgan fingerprint density at radius 3 is 2.83 bits per heavy atom. The highest BCUT2D eigenvalue weighted by Gasteiger charge is 2.11. The molecule has 0 spiro atoms. The molecule has 0 aliphatic carbocycles. The molecular formula is C8H15N3O. The van der Waals surface area contributed by atoms with Crippen LogP contribution in [0.2, 0.25) is 0 Å². The number of aromatic nitrogens is 2. The predicted molar refractivity (Wildman–Crippen MR) is 46.0 cm³/mol. The lowest BCUT2D eigenvalue weighted by Crippen LogP contribution is -2.19. The zero-order chi connectivity index (χ0) is 8.97. The number of nitrogens with one attached hydrogen (secondary N) is 1. The second-order valence-corrected chi connectivity index (χ2v) is 2.89. The van der Waals surface area contributed by atoms with E-state index in [9.17, 15) is 0 Å². The van der Waals surface area contributed by atoms with E-state index in [-0.39, 0.29) is 0 Å². The molecule has 0 saturated carbocycles. The molecule has 12 heavy (non-hydrogen) atoms. The van der Waals surface area contributed by atoms with Gasteiger partial charge in [0.15, 0.2) is 5.82 Å². The Hall–Kier alpha value is -0.900. The molecule has 1 aromatic rings. The SMILES string of the molecule is CCNCC(C)c1nc(C)no1. The second-order valence-electron chi connectivity index (χ2n) is 2.89. The summed E-state index contributed by atoms with van der Waals surface area (Å²) >= 11 is 0. The van der Waals surface area contributed by atoms with Gasteiger partial charge in [0.2, 0.25) is 5.89 Å². The zero-order valence-corrected chi connectivity index (χ0v) is 7.79. The van der Waals surface area contributed by atoms with Crippen molar-refractivity contribution in [3.63, 3.8) is 0 Å². The fourth-order valence-corrected chi connectivity index (χ4v) is 0.961. The number of aryl methyl sites for hydroxylation is 1. The van der Waals surface area contributed by atoms with Crippen molar-refractivity contribution >= 4 is 0 Å². The van der Waals surface area contributed by atoms with Gasteiger partial charge >= 0.3 is 0 Å². The number of hydrogen-bond acceptors (Lipinski definition) is 4. The van der Waals surface area contributed by atoms with Gasteiger partial charge in [0.1, 0.15) is 0 Å². The quantitative estimate of drug-likeness (QED) is 0.733. The summed E-state index contributed by atoms with van der Waals surface area (Å²) in [6, 6.07) is 0. The number of nitrogens with zero attached hydrogens (tertiary/aromatic N) is 2. The van der Waals surface area contributed by atoms with Crippen molar-refractivity contribution in [1.29, 1.82) is 0 Å². The standard InChI is InChI=1S/C8H15N3O/c1-4-9-5-6(2)8-10-7(3)11-12-8/h6,9H,4-5H2,1-3H3. The number of hydrogen-bond donors (Lipinski definition) is 1. The summed E-state index contributed by atoms with van der Waals surface area (Å²) in [6.45, 7) is 7.82. The van der Waals surface area contributed by atoms with E-state index >= 15 is 0 Å². The lowest BCUT2D eigenvalue weighted by Gasteiger charge is -2.05. The molecule has 1 N–H and O–H groups in total. The van der Waals surface area contributed by atoms with Crippen LogP contribution in [0.5, 0.6) is 0 Å². The van der Waals surface area contributed by atoms with Crippen LogP contribution in [0.15, 0.2) is 4.52 Å². The Morgan fingerprint density at radius 2 is 2.33 bits per heavy atom. The zero-order valence-electron chi connectivity index (χ0n) is 7.79. The van der Waals surface area contributed by atoms with Gasteiger partial charge in [-0.2, -0.15) is 4.98 Å². The minimum Gasteiger partial charge on any atom is -0.339 e. The fourth-order valence-electron chi connectivity index (χ4n) is 0.961. The molecule has 68 valence electrons. The van der Waals surface area contributed by atoms with Crippen molar-refractivity contribution in [3.05, 3.63) is 11.7 Å². The third-order valence-corrected chi connectivity index (χ3v) is 1.67. The molecule has 0 aromatic carbocycles. The maximum absolute atomic E-state index is 5.02. The third kappa shape index (κ3) is 2.30. The van der Waals surface area contributed by atoms with Crippen LogP contribution < -0.4 is 5.32 Å². The summed E-state index contributed by atoms with van der Waals surface area (Å²) in [6.07, 6.45) is 0. The summed E-state index contributed by atoms with van der Waals surface area (Å²) in [5.74, 6) is 1.72. The Balaban J connectivity index is 2.47. The highest BCUT2D eigenvalue weighted by molar-refractivity contribution is 4.91. The molecule has 1 aromatic heterocycles. The van der Waals surface area contributed by atoms with Crippen molar-refractivity contribution in [1.82, 2.24) is 15.5 Å². The topological polar surface area (TPSA) is 51.0 Å². The van der Waals surface area contributed by atoms with E-state index in [0.717, 1.165) is 13.1 Å². The monoisotopic (exact) mass is 169 g/mol. The molecule has 0 bridgehead atoms. The van der Waals surface area contributed by atoms with Gasteiger partial charge in [-0.3, -0.25) is 0 Å². The molecule has 0 amide bonds. The van der Waals surface area contributed by atoms with E-state index in [0.29, 0.717) is 17.6 Å². The molecule has 1 heterocycles. The van der Waals surface area contributed by atoms with Crippen molar-refractivity contribution in [2.75, 3.05) is 13.1 Å². The molecule has 1 rings (SSSR count). The minimum absolute atomic E-state index is 0.297. The van der Waals surface area contributed by atoms with Gasteiger partial charge in [0.05, 0.1) is 0 Å². The minimum atomic E-state index is 0.297. The number of rotatable bonds is 4. The first-order valence-electron chi connectivity index (χ1n) is 4.25. The van der Waals surface area contributed by atoms with E-state index in [2.05, 4.69) is 29.3 Å². The Morgan fingerprint density at radius 1 is 1.58 bits per heavy atom. The number of likely N-dealkylation sites (N-methyl/N-ethyl adjacent to an activating group) is 1. The molecule has 0 aliphatic rings. The summed E-state index contributed by atoms with van der Waals surface area (Å²) in [5.41, 5.74) is 0. The van der Waals surface area contributed by atoms with Crippen LogP contribution in [-0.2, 0) is 0 Å². The second kappa shape index (κ2) is 4.21. The van der Waals surface area contributed by atoms with Gasteiger partial charge in [-0.1, -0.05) is 19.0 Å². The third-order valence-electron chi connectivity index (χ3n) is 1.67. The Bertz CT molecular complexity index is 234. The Labute approximate surface area is 72.4 Å². The van der Waals surface area contributed by atoms with Gasteiger partial charge in [-0.15, -0.1) is 0 Å². The predicted octanol–water partition coefficient (Wildman–Crippen LogP) is 1.09. The largest absolute Gasteiger partial charge is 0.339 e. The van der Waals surface area contributed by atoms with E-state index in [4.69, 9.17) is 4.52 Å². The van der Waals surface area contributed by atoms with E-state index in [1.54, 1.807) is 0 Å². The van der Waals surface area contributed by atoms with Crippen LogP contribution in [0.25, 0.3) is 0 Å². The van der Waals surface area contributed by atoms with E-state index in [1.807, 2.05) is 6.92 Å². The van der Waals surface area contributed by atoms with Crippen molar-refractivity contribution in [2.24, 2.45) is 0 Å². The molecule has 1 unspecified atom stereocenters. The van der Waals surface area contributed by atoms with Gasteiger partial charge in [-0.05, 0) is 13.5 Å². The van der Waals surface area contributed by atoms with Crippen LogP contribution in [0.4, 0.5) is 0 Å².